The zero-order valence-corrected chi connectivity index (χ0v) is 10.7. The van der Waals surface area contributed by atoms with Gasteiger partial charge >= 0.3 is 0 Å². The summed E-state index contributed by atoms with van der Waals surface area (Å²) >= 11 is 0. The van der Waals surface area contributed by atoms with Crippen molar-refractivity contribution in [2.75, 3.05) is 0 Å². The standard InChI is InChI=1S/C15H17FN2O/c16-11-7-5-10(6-8-11)14(19)9-15-17-12-3-1-2-4-13(12)18-15/h5-8,12-13H,1-4,9H2,(H,17,18)/t12-,13-/m1/s1. The van der Waals surface area contributed by atoms with Crippen molar-refractivity contribution in [3.05, 3.63) is 35.6 Å². The van der Waals surface area contributed by atoms with E-state index in [9.17, 15) is 9.18 Å². The molecule has 2 atom stereocenters. The lowest BCUT2D eigenvalue weighted by molar-refractivity contribution is 0.1000. The first kappa shape index (κ1) is 12.3. The molecule has 1 aliphatic heterocycles. The Morgan fingerprint density at radius 2 is 2.00 bits per heavy atom. The molecule has 0 bridgehead atoms. The van der Waals surface area contributed by atoms with E-state index in [0.717, 1.165) is 18.7 Å². The van der Waals surface area contributed by atoms with Gasteiger partial charge in [-0.25, -0.2) is 4.39 Å². The van der Waals surface area contributed by atoms with Crippen molar-refractivity contribution in [1.29, 1.82) is 0 Å². The van der Waals surface area contributed by atoms with E-state index < -0.39 is 0 Å². The molecule has 1 N–H and O–H groups in total. The number of fused-ring (bicyclic) bond motifs is 1. The Hall–Kier alpha value is -1.71. The van der Waals surface area contributed by atoms with Crippen LogP contribution in [0.3, 0.4) is 0 Å². The van der Waals surface area contributed by atoms with Gasteiger partial charge in [0.05, 0.1) is 12.5 Å². The Labute approximate surface area is 111 Å². The second kappa shape index (κ2) is 5.11. The first-order valence-electron chi connectivity index (χ1n) is 6.84. The van der Waals surface area contributed by atoms with Gasteiger partial charge in [-0.2, -0.15) is 0 Å². The van der Waals surface area contributed by atoms with Gasteiger partial charge in [0.25, 0.3) is 0 Å². The van der Waals surface area contributed by atoms with Crippen LogP contribution in [0.15, 0.2) is 29.3 Å². The molecular formula is C15H17FN2O. The third-order valence-corrected chi connectivity index (χ3v) is 3.90. The average molecular weight is 260 g/mol. The number of amidine groups is 1. The highest BCUT2D eigenvalue weighted by molar-refractivity contribution is 6.09. The fraction of sp³-hybridized carbons (Fsp3) is 0.467. The van der Waals surface area contributed by atoms with Crippen LogP contribution in [0.5, 0.6) is 0 Å². The molecule has 3 rings (SSSR count). The minimum atomic E-state index is -0.320. The predicted molar refractivity (Wildman–Crippen MR) is 72.0 cm³/mol. The van der Waals surface area contributed by atoms with Crippen LogP contribution in [0.1, 0.15) is 42.5 Å². The van der Waals surface area contributed by atoms with Crippen molar-refractivity contribution in [2.24, 2.45) is 4.99 Å². The molecule has 100 valence electrons. The van der Waals surface area contributed by atoms with Gasteiger partial charge in [0.1, 0.15) is 11.7 Å². The van der Waals surface area contributed by atoms with E-state index in [2.05, 4.69) is 10.3 Å². The van der Waals surface area contributed by atoms with Crippen LogP contribution < -0.4 is 5.32 Å². The minimum Gasteiger partial charge on any atom is -0.369 e. The summed E-state index contributed by atoms with van der Waals surface area (Å²) in [6.45, 7) is 0. The highest BCUT2D eigenvalue weighted by Gasteiger charge is 2.31. The molecule has 4 heteroatoms. The summed E-state index contributed by atoms with van der Waals surface area (Å²) in [6.07, 6.45) is 5.02. The lowest BCUT2D eigenvalue weighted by Gasteiger charge is -2.23. The van der Waals surface area contributed by atoms with E-state index >= 15 is 0 Å². The summed E-state index contributed by atoms with van der Waals surface area (Å²) in [7, 11) is 0. The molecule has 0 saturated heterocycles. The second-order valence-electron chi connectivity index (χ2n) is 5.29. The van der Waals surface area contributed by atoms with E-state index in [1.54, 1.807) is 0 Å². The molecular weight excluding hydrogens is 243 g/mol. The summed E-state index contributed by atoms with van der Waals surface area (Å²) in [4.78, 5) is 16.7. The molecule has 2 aliphatic rings. The zero-order valence-electron chi connectivity index (χ0n) is 10.7. The number of hydrogen-bond acceptors (Lipinski definition) is 3. The summed E-state index contributed by atoms with van der Waals surface area (Å²) in [5, 5.41) is 3.36. The maximum absolute atomic E-state index is 12.8. The van der Waals surface area contributed by atoms with Crippen molar-refractivity contribution in [1.82, 2.24) is 5.32 Å². The zero-order chi connectivity index (χ0) is 13.2. The van der Waals surface area contributed by atoms with Crippen LogP contribution in [-0.2, 0) is 0 Å². The van der Waals surface area contributed by atoms with Crippen molar-refractivity contribution in [2.45, 2.75) is 44.2 Å². The Morgan fingerprint density at radius 3 is 2.74 bits per heavy atom. The van der Waals surface area contributed by atoms with Crippen molar-refractivity contribution >= 4 is 11.6 Å². The summed E-state index contributed by atoms with van der Waals surface area (Å²) in [5.74, 6) is 0.468. The molecule has 1 aromatic carbocycles. The highest BCUT2D eigenvalue weighted by Crippen LogP contribution is 2.25. The third kappa shape index (κ3) is 2.67. The van der Waals surface area contributed by atoms with Crippen LogP contribution >= 0.6 is 0 Å². The fourth-order valence-corrected chi connectivity index (χ4v) is 2.87. The number of hydrogen-bond donors (Lipinski definition) is 1. The second-order valence-corrected chi connectivity index (χ2v) is 5.29. The van der Waals surface area contributed by atoms with E-state index in [1.807, 2.05) is 0 Å². The molecule has 1 heterocycles. The Morgan fingerprint density at radius 1 is 1.26 bits per heavy atom. The van der Waals surface area contributed by atoms with Crippen LogP contribution in [0.25, 0.3) is 0 Å². The van der Waals surface area contributed by atoms with Gasteiger partial charge in [-0.15, -0.1) is 0 Å². The van der Waals surface area contributed by atoms with Crippen LogP contribution in [0, 0.1) is 5.82 Å². The van der Waals surface area contributed by atoms with Crippen LogP contribution in [0.2, 0.25) is 0 Å². The first-order valence-corrected chi connectivity index (χ1v) is 6.84. The monoisotopic (exact) mass is 260 g/mol. The molecule has 1 saturated carbocycles. The van der Waals surface area contributed by atoms with Gasteiger partial charge in [-0.1, -0.05) is 12.8 Å². The Balaban J connectivity index is 1.65. The Kier molecular flexibility index (Phi) is 3.32. The van der Waals surface area contributed by atoms with Crippen molar-refractivity contribution in [3.63, 3.8) is 0 Å². The maximum atomic E-state index is 12.8. The first-order chi connectivity index (χ1) is 9.22. The number of carbonyl (C=O) groups excluding carboxylic acids is 1. The number of nitrogens with one attached hydrogen (secondary N) is 1. The molecule has 1 aromatic rings. The van der Waals surface area contributed by atoms with E-state index in [-0.39, 0.29) is 11.6 Å². The summed E-state index contributed by atoms with van der Waals surface area (Å²) < 4.78 is 12.8. The normalized spacial score (nSPS) is 25.4. The predicted octanol–water partition coefficient (Wildman–Crippen LogP) is 2.71. The van der Waals surface area contributed by atoms with Gasteiger partial charge in [-0.3, -0.25) is 9.79 Å². The number of benzene rings is 1. The van der Waals surface area contributed by atoms with Gasteiger partial charge in [0.2, 0.25) is 0 Å². The number of halogens is 1. The fourth-order valence-electron chi connectivity index (χ4n) is 2.87. The van der Waals surface area contributed by atoms with Gasteiger partial charge in [0.15, 0.2) is 5.78 Å². The van der Waals surface area contributed by atoms with Crippen LogP contribution in [-0.4, -0.2) is 23.7 Å². The van der Waals surface area contributed by atoms with Gasteiger partial charge < -0.3 is 5.32 Å². The average Bonchev–Trinajstić information content (AvgIpc) is 2.81. The molecule has 0 amide bonds. The number of ketones is 1. The smallest absolute Gasteiger partial charge is 0.170 e. The molecule has 19 heavy (non-hydrogen) atoms. The maximum Gasteiger partial charge on any atom is 0.170 e. The highest BCUT2D eigenvalue weighted by atomic mass is 19.1. The lowest BCUT2D eigenvalue weighted by Crippen LogP contribution is -2.37. The number of Topliss-reactive ketones (excluding diaryl/α,β-unsaturated/α-hetero) is 1. The van der Waals surface area contributed by atoms with Crippen molar-refractivity contribution < 1.29 is 9.18 Å². The number of rotatable bonds is 3. The van der Waals surface area contributed by atoms with Gasteiger partial charge in [0, 0.05) is 11.6 Å². The molecule has 1 fully saturated rings. The van der Waals surface area contributed by atoms with E-state index in [4.69, 9.17) is 0 Å². The van der Waals surface area contributed by atoms with E-state index in [1.165, 1.54) is 37.1 Å². The van der Waals surface area contributed by atoms with Crippen molar-refractivity contribution in [3.8, 4) is 0 Å². The molecule has 0 spiro atoms. The third-order valence-electron chi connectivity index (χ3n) is 3.90. The summed E-state index contributed by atoms with van der Waals surface area (Å²) in [5.41, 5.74) is 0.542. The topological polar surface area (TPSA) is 41.5 Å². The molecule has 0 aromatic heterocycles. The molecule has 1 aliphatic carbocycles. The molecule has 0 radical (unpaired) electrons. The quantitative estimate of drug-likeness (QED) is 0.849. The minimum absolute atomic E-state index is 0.00935. The van der Waals surface area contributed by atoms with Crippen LogP contribution in [0.4, 0.5) is 4.39 Å². The van der Waals surface area contributed by atoms with E-state index in [0.29, 0.717) is 24.1 Å². The summed E-state index contributed by atoms with van der Waals surface area (Å²) in [6, 6.07) is 6.46. The molecule has 0 unspecified atom stereocenters. The lowest BCUT2D eigenvalue weighted by atomic mass is 9.92. The Bertz CT molecular complexity index is 509. The van der Waals surface area contributed by atoms with Gasteiger partial charge in [-0.05, 0) is 37.1 Å². The number of nitrogens with zero attached hydrogens (tertiary/aromatic N) is 1. The molecule has 3 nitrogen and oxygen atoms in total. The largest absolute Gasteiger partial charge is 0.369 e. The number of carbonyl (C=O) groups is 1. The number of aliphatic imine (C=N–C) groups is 1. The SMILES string of the molecule is O=C(CC1=N[C@@H]2CCCC[C@H]2N1)c1ccc(F)cc1.